The van der Waals surface area contributed by atoms with Crippen LogP contribution >= 0.6 is 35.2 Å². The molecule has 0 fully saturated rings. The lowest BCUT2D eigenvalue weighted by molar-refractivity contribution is 0.758. The predicted octanol–water partition coefficient (Wildman–Crippen LogP) is 4.03. The van der Waals surface area contributed by atoms with Crippen LogP contribution in [-0.2, 0) is 6.54 Å². The van der Waals surface area contributed by atoms with E-state index in [1.807, 2.05) is 39.7 Å². The van der Waals surface area contributed by atoms with Crippen molar-refractivity contribution in [1.29, 1.82) is 0 Å². The highest BCUT2D eigenvalue weighted by molar-refractivity contribution is 7.71. The second-order valence-electron chi connectivity index (χ2n) is 5.38. The van der Waals surface area contributed by atoms with E-state index in [9.17, 15) is 4.79 Å². The number of aromatic nitrogens is 4. The molecule has 0 aromatic carbocycles. The third-order valence-electron chi connectivity index (χ3n) is 3.77. The summed E-state index contributed by atoms with van der Waals surface area (Å²) < 4.78 is 3.59. The minimum Gasteiger partial charge on any atom is -0.328 e. The first-order chi connectivity index (χ1) is 12.1. The summed E-state index contributed by atoms with van der Waals surface area (Å²) in [5.74, 6) is 0.555. The second-order valence-corrected chi connectivity index (χ2v) is 6.91. The average Bonchev–Trinajstić information content (AvgIpc) is 3.12. The summed E-state index contributed by atoms with van der Waals surface area (Å²) in [4.78, 5) is 21.5. The molecule has 0 amide bonds. The lowest BCUT2D eigenvalue weighted by atomic mass is 10.2. The van der Waals surface area contributed by atoms with E-state index in [2.05, 4.69) is 9.97 Å². The molecule has 8 heteroatoms. The topological polar surface area (TPSA) is 52.7 Å². The Bertz CT molecular complexity index is 1120. The number of fused-ring (bicyclic) bond motifs is 1. The molecule has 2 aliphatic rings. The summed E-state index contributed by atoms with van der Waals surface area (Å²) in [5.41, 5.74) is 2.05. The maximum absolute atomic E-state index is 12.9. The van der Waals surface area contributed by atoms with Crippen molar-refractivity contribution >= 4 is 35.2 Å². The van der Waals surface area contributed by atoms with Crippen LogP contribution in [0.5, 0.6) is 0 Å². The normalized spacial score (nSPS) is 11.1. The van der Waals surface area contributed by atoms with Crippen LogP contribution in [-0.4, -0.2) is 19.1 Å². The van der Waals surface area contributed by atoms with Gasteiger partial charge in [0.05, 0.1) is 17.8 Å². The Morgan fingerprint density at radius 3 is 2.84 bits per heavy atom. The molecule has 0 saturated carbocycles. The number of nitrogens with zero attached hydrogens (tertiary/aromatic N) is 4. The van der Waals surface area contributed by atoms with Crippen LogP contribution in [0.3, 0.4) is 0 Å². The van der Waals surface area contributed by atoms with Crippen LogP contribution < -0.4 is 5.56 Å². The van der Waals surface area contributed by atoms with E-state index in [4.69, 9.17) is 23.8 Å². The number of pyridine rings is 2. The molecule has 5 nitrogen and oxygen atoms in total. The fraction of sp³-hybridized carbons (Fsp3) is 0.0588. The quantitative estimate of drug-likeness (QED) is 0.394. The van der Waals surface area contributed by atoms with Crippen molar-refractivity contribution in [3.63, 3.8) is 0 Å². The van der Waals surface area contributed by atoms with Crippen molar-refractivity contribution in [3.8, 4) is 17.1 Å². The van der Waals surface area contributed by atoms with Gasteiger partial charge in [0.1, 0.15) is 11.0 Å². The zero-order valence-corrected chi connectivity index (χ0v) is 15.2. The number of rotatable bonds is 3. The van der Waals surface area contributed by atoms with Gasteiger partial charge in [-0.1, -0.05) is 17.7 Å². The van der Waals surface area contributed by atoms with Crippen molar-refractivity contribution in [2.24, 2.45) is 0 Å². The van der Waals surface area contributed by atoms with E-state index in [-0.39, 0.29) is 10.3 Å². The third kappa shape index (κ3) is 3.02. The molecule has 0 unspecified atom stereocenters. The monoisotopic (exact) mass is 386 g/mol. The molecule has 4 heterocycles. The highest BCUT2D eigenvalue weighted by atomic mass is 35.5. The zero-order valence-electron chi connectivity index (χ0n) is 12.8. The predicted molar refractivity (Wildman–Crippen MR) is 102 cm³/mol. The van der Waals surface area contributed by atoms with Gasteiger partial charge in [-0.15, -0.1) is 0 Å². The summed E-state index contributed by atoms with van der Waals surface area (Å²) in [5, 5.41) is 4.22. The van der Waals surface area contributed by atoms with Gasteiger partial charge in [-0.05, 0) is 47.4 Å². The van der Waals surface area contributed by atoms with Crippen LogP contribution in [0, 0.1) is 4.77 Å². The Balaban J connectivity index is 1.87. The Morgan fingerprint density at radius 1 is 1.24 bits per heavy atom. The lowest BCUT2D eigenvalue weighted by Gasteiger charge is -2.15. The van der Waals surface area contributed by atoms with Crippen molar-refractivity contribution in [2.75, 3.05) is 0 Å². The van der Waals surface area contributed by atoms with E-state index >= 15 is 0 Å². The van der Waals surface area contributed by atoms with E-state index in [0.717, 1.165) is 11.3 Å². The van der Waals surface area contributed by atoms with E-state index in [0.29, 0.717) is 23.1 Å². The number of halogens is 1. The molecule has 0 N–H and O–H groups in total. The van der Waals surface area contributed by atoms with Crippen LogP contribution in [0.1, 0.15) is 5.56 Å². The van der Waals surface area contributed by atoms with Gasteiger partial charge >= 0.3 is 0 Å². The van der Waals surface area contributed by atoms with Gasteiger partial charge in [-0.25, -0.2) is 9.97 Å². The minimum absolute atomic E-state index is 0.169. The zero-order chi connectivity index (χ0) is 17.4. The van der Waals surface area contributed by atoms with Crippen molar-refractivity contribution in [3.05, 3.63) is 79.3 Å². The number of hydrogen-bond donors (Lipinski definition) is 0. The molecule has 0 aliphatic carbocycles. The number of hydrogen-bond acceptors (Lipinski definition) is 5. The van der Waals surface area contributed by atoms with Gasteiger partial charge in [0.2, 0.25) is 4.77 Å². The van der Waals surface area contributed by atoms with Gasteiger partial charge < -0.3 is 4.57 Å². The highest BCUT2D eigenvalue weighted by Crippen LogP contribution is 2.19. The van der Waals surface area contributed by atoms with Crippen molar-refractivity contribution in [1.82, 2.24) is 19.1 Å². The highest BCUT2D eigenvalue weighted by Gasteiger charge is 2.16. The molecule has 25 heavy (non-hydrogen) atoms. The molecule has 2 aromatic rings. The largest absolute Gasteiger partial charge is 0.328 e. The maximum Gasteiger partial charge on any atom is 0.268 e. The fourth-order valence-corrected chi connectivity index (χ4v) is 3.63. The van der Waals surface area contributed by atoms with Crippen molar-refractivity contribution in [2.45, 2.75) is 6.54 Å². The molecular weight excluding hydrogens is 376 g/mol. The summed E-state index contributed by atoms with van der Waals surface area (Å²) >= 11 is 12.7. The summed E-state index contributed by atoms with van der Waals surface area (Å²) in [6.45, 7) is 0.519. The van der Waals surface area contributed by atoms with Crippen LogP contribution in [0.15, 0.2) is 58.3 Å². The Morgan fingerprint density at radius 2 is 2.12 bits per heavy atom. The third-order valence-corrected chi connectivity index (χ3v) is 4.94. The molecule has 0 bridgehead atoms. The van der Waals surface area contributed by atoms with Gasteiger partial charge in [0.15, 0.2) is 0 Å². The Labute approximate surface area is 157 Å². The van der Waals surface area contributed by atoms with E-state index in [1.54, 1.807) is 18.3 Å². The average molecular weight is 387 g/mol. The summed E-state index contributed by atoms with van der Waals surface area (Å²) in [6.07, 6.45) is 3.57. The smallest absolute Gasteiger partial charge is 0.268 e. The maximum atomic E-state index is 12.9. The minimum atomic E-state index is -0.169. The summed E-state index contributed by atoms with van der Waals surface area (Å²) in [7, 11) is 0. The van der Waals surface area contributed by atoms with Gasteiger partial charge in [-0.2, -0.15) is 11.3 Å². The molecule has 0 spiro atoms. The number of thiophene rings is 1. The SMILES string of the molecule is O=c1c2cccn(Cc3ccc(Cl)nc3)c-2nc(=S)n1-c1ccsc1. The molecule has 2 aromatic heterocycles. The standard InChI is InChI=1S/C17H11ClN4OS2/c18-14-4-3-11(8-19-14)9-21-6-1-2-13-15(21)20-17(24)22(16(13)23)12-5-7-25-10-12/h1-8,10H,9H2. The molecule has 2 aliphatic heterocycles. The molecular formula is C17H11ClN4OS2. The second kappa shape index (κ2) is 6.51. The first kappa shape index (κ1) is 16.1. The lowest BCUT2D eigenvalue weighted by Crippen LogP contribution is -2.25. The molecule has 0 atom stereocenters. The Hall–Kier alpha value is -2.35. The van der Waals surface area contributed by atoms with Crippen LogP contribution in [0.2, 0.25) is 5.15 Å². The molecule has 124 valence electrons. The van der Waals surface area contributed by atoms with Gasteiger partial charge in [0.25, 0.3) is 5.56 Å². The molecule has 4 rings (SSSR count). The molecule has 0 saturated heterocycles. The first-order valence-electron chi connectivity index (χ1n) is 7.39. The Kier molecular flexibility index (Phi) is 4.20. The van der Waals surface area contributed by atoms with Crippen LogP contribution in [0.25, 0.3) is 17.1 Å². The van der Waals surface area contributed by atoms with Gasteiger partial charge in [0, 0.05) is 17.8 Å². The summed E-state index contributed by atoms with van der Waals surface area (Å²) in [6, 6.07) is 9.07. The fourth-order valence-electron chi connectivity index (χ4n) is 2.62. The van der Waals surface area contributed by atoms with Crippen molar-refractivity contribution < 1.29 is 0 Å². The molecule has 0 radical (unpaired) electrons. The van der Waals surface area contributed by atoms with E-state index < -0.39 is 0 Å². The van der Waals surface area contributed by atoms with Gasteiger partial charge in [-0.3, -0.25) is 9.36 Å². The van der Waals surface area contributed by atoms with E-state index in [1.165, 1.54) is 15.9 Å². The van der Waals surface area contributed by atoms with Crippen LogP contribution in [0.4, 0.5) is 0 Å². The first-order valence-corrected chi connectivity index (χ1v) is 9.11.